The first-order chi connectivity index (χ1) is 4.66. The molecule has 0 fully saturated rings. The number of hydrogen-bond acceptors (Lipinski definition) is 1. The SMILES string of the molecule is CC(C)C=NC(N)=NC=O. The van der Waals surface area contributed by atoms with Crippen LogP contribution in [0.1, 0.15) is 13.8 Å². The smallest absolute Gasteiger partial charge is 0.236 e. The zero-order chi connectivity index (χ0) is 7.98. The van der Waals surface area contributed by atoms with Crippen LogP contribution in [0.25, 0.3) is 0 Å². The Kier molecular flexibility index (Phi) is 4.11. The fourth-order valence-corrected chi connectivity index (χ4v) is 0.313. The van der Waals surface area contributed by atoms with Crippen molar-refractivity contribution in [3.8, 4) is 0 Å². The molecule has 0 aliphatic carbocycles. The van der Waals surface area contributed by atoms with Crippen molar-refractivity contribution in [2.45, 2.75) is 13.8 Å². The van der Waals surface area contributed by atoms with E-state index in [-0.39, 0.29) is 5.96 Å². The second kappa shape index (κ2) is 4.67. The lowest BCUT2D eigenvalue weighted by atomic mass is 10.3. The number of carbonyl (C=O) groups excluding carboxylic acids is 1. The molecule has 1 amide bonds. The first-order valence-corrected chi connectivity index (χ1v) is 2.98. The lowest BCUT2D eigenvalue weighted by Crippen LogP contribution is -2.09. The first-order valence-electron chi connectivity index (χ1n) is 2.98. The van der Waals surface area contributed by atoms with E-state index >= 15 is 0 Å². The van der Waals surface area contributed by atoms with Crippen molar-refractivity contribution in [2.75, 3.05) is 0 Å². The van der Waals surface area contributed by atoms with E-state index in [1.165, 1.54) is 0 Å². The van der Waals surface area contributed by atoms with Gasteiger partial charge in [-0.25, -0.2) is 4.99 Å². The summed E-state index contributed by atoms with van der Waals surface area (Å²) in [5.74, 6) is 0.323. The average Bonchev–Trinajstić information content (AvgIpc) is 1.85. The Morgan fingerprint density at radius 2 is 2.20 bits per heavy atom. The Morgan fingerprint density at radius 1 is 1.60 bits per heavy atom. The number of guanidine groups is 1. The van der Waals surface area contributed by atoms with Gasteiger partial charge in [-0.1, -0.05) is 13.8 Å². The lowest BCUT2D eigenvalue weighted by molar-refractivity contribution is -0.106. The van der Waals surface area contributed by atoms with Gasteiger partial charge in [-0.05, 0) is 5.92 Å². The molecule has 0 radical (unpaired) electrons. The van der Waals surface area contributed by atoms with Crippen LogP contribution in [0.2, 0.25) is 0 Å². The number of nitrogens with zero attached hydrogens (tertiary/aromatic N) is 2. The largest absolute Gasteiger partial charge is 0.368 e. The molecule has 0 atom stereocenters. The van der Waals surface area contributed by atoms with Gasteiger partial charge in [0.2, 0.25) is 12.4 Å². The monoisotopic (exact) mass is 141 g/mol. The van der Waals surface area contributed by atoms with Crippen LogP contribution in [0.5, 0.6) is 0 Å². The summed E-state index contributed by atoms with van der Waals surface area (Å²) >= 11 is 0. The minimum absolute atomic E-state index is 0.00343. The molecule has 2 N–H and O–H groups in total. The van der Waals surface area contributed by atoms with Crippen LogP contribution < -0.4 is 5.73 Å². The number of hydrogen-bond donors (Lipinski definition) is 1. The molecule has 4 heteroatoms. The van der Waals surface area contributed by atoms with Crippen molar-refractivity contribution in [1.29, 1.82) is 0 Å². The molecule has 0 aromatic rings. The van der Waals surface area contributed by atoms with Gasteiger partial charge in [-0.15, -0.1) is 0 Å². The third-order valence-corrected chi connectivity index (χ3v) is 0.690. The molecule has 10 heavy (non-hydrogen) atoms. The molecular formula is C6H11N3O. The second-order valence-corrected chi connectivity index (χ2v) is 2.11. The number of rotatable bonds is 2. The second-order valence-electron chi connectivity index (χ2n) is 2.11. The molecule has 0 heterocycles. The van der Waals surface area contributed by atoms with E-state index in [4.69, 9.17) is 5.73 Å². The minimum Gasteiger partial charge on any atom is -0.368 e. The van der Waals surface area contributed by atoms with Crippen molar-refractivity contribution in [3.05, 3.63) is 0 Å². The predicted octanol–water partition coefficient (Wildman–Crippen LogP) is 0.184. The first kappa shape index (κ1) is 8.81. The summed E-state index contributed by atoms with van der Waals surface area (Å²) < 4.78 is 0. The van der Waals surface area contributed by atoms with Gasteiger partial charge in [0.05, 0.1) is 0 Å². The van der Waals surface area contributed by atoms with Crippen molar-refractivity contribution >= 4 is 18.6 Å². The molecule has 0 saturated heterocycles. The van der Waals surface area contributed by atoms with Gasteiger partial charge >= 0.3 is 0 Å². The molecule has 0 saturated carbocycles. The number of nitrogens with two attached hydrogens (primary N) is 1. The van der Waals surface area contributed by atoms with Crippen LogP contribution in [-0.4, -0.2) is 18.6 Å². The Morgan fingerprint density at radius 3 is 2.60 bits per heavy atom. The molecule has 0 bridgehead atoms. The van der Waals surface area contributed by atoms with Crippen LogP contribution in [0, 0.1) is 5.92 Å². The highest BCUT2D eigenvalue weighted by atomic mass is 16.1. The van der Waals surface area contributed by atoms with E-state index in [0.717, 1.165) is 0 Å². The normalized spacial score (nSPS) is 12.9. The highest BCUT2D eigenvalue weighted by Crippen LogP contribution is 1.84. The Labute approximate surface area is 59.9 Å². The molecular weight excluding hydrogens is 130 g/mol. The van der Waals surface area contributed by atoms with Gasteiger partial charge in [0.15, 0.2) is 0 Å². The summed E-state index contributed by atoms with van der Waals surface area (Å²) in [6, 6.07) is 0. The Balaban J connectivity index is 3.88. The van der Waals surface area contributed by atoms with E-state index in [1.807, 2.05) is 13.8 Å². The van der Waals surface area contributed by atoms with Crippen molar-refractivity contribution < 1.29 is 4.79 Å². The van der Waals surface area contributed by atoms with Crippen LogP contribution in [0.3, 0.4) is 0 Å². The van der Waals surface area contributed by atoms with Crippen LogP contribution in [0.15, 0.2) is 9.98 Å². The van der Waals surface area contributed by atoms with Crippen molar-refractivity contribution in [1.82, 2.24) is 0 Å². The molecule has 4 nitrogen and oxygen atoms in total. The summed E-state index contributed by atoms with van der Waals surface area (Å²) in [6.45, 7) is 3.91. The number of aliphatic imine (C=N–C) groups is 2. The Hall–Kier alpha value is -1.19. The zero-order valence-electron chi connectivity index (χ0n) is 6.11. The highest BCUT2D eigenvalue weighted by molar-refractivity contribution is 5.90. The predicted molar refractivity (Wildman–Crippen MR) is 41.0 cm³/mol. The molecule has 0 spiro atoms. The van der Waals surface area contributed by atoms with Gasteiger partial charge < -0.3 is 5.73 Å². The highest BCUT2D eigenvalue weighted by Gasteiger charge is 1.86. The summed E-state index contributed by atoms with van der Waals surface area (Å²) in [7, 11) is 0. The van der Waals surface area contributed by atoms with Gasteiger partial charge in [0.1, 0.15) is 0 Å². The molecule has 56 valence electrons. The summed E-state index contributed by atoms with van der Waals surface area (Å²) in [4.78, 5) is 16.6. The molecule has 0 rings (SSSR count). The molecule has 0 aliphatic rings. The van der Waals surface area contributed by atoms with E-state index in [2.05, 4.69) is 9.98 Å². The molecule has 0 aliphatic heterocycles. The fourth-order valence-electron chi connectivity index (χ4n) is 0.313. The Bertz CT molecular complexity index is 160. The summed E-state index contributed by atoms with van der Waals surface area (Å²) in [5, 5.41) is 0. The van der Waals surface area contributed by atoms with E-state index < -0.39 is 0 Å². The van der Waals surface area contributed by atoms with Crippen LogP contribution in [0.4, 0.5) is 0 Å². The maximum absolute atomic E-state index is 9.72. The van der Waals surface area contributed by atoms with Crippen molar-refractivity contribution in [2.24, 2.45) is 21.6 Å². The maximum Gasteiger partial charge on any atom is 0.236 e. The minimum atomic E-state index is 0.00343. The van der Waals surface area contributed by atoms with Crippen LogP contribution >= 0.6 is 0 Å². The number of amides is 1. The van der Waals surface area contributed by atoms with Gasteiger partial charge in [0.25, 0.3) is 0 Å². The third-order valence-electron chi connectivity index (χ3n) is 0.690. The zero-order valence-corrected chi connectivity index (χ0v) is 6.11. The van der Waals surface area contributed by atoms with E-state index in [1.54, 1.807) is 6.21 Å². The lowest BCUT2D eigenvalue weighted by Gasteiger charge is -1.90. The fraction of sp³-hybridized carbons (Fsp3) is 0.500. The average molecular weight is 141 g/mol. The molecule has 0 aromatic heterocycles. The summed E-state index contributed by atoms with van der Waals surface area (Å²) in [6.07, 6.45) is 2.00. The van der Waals surface area contributed by atoms with Crippen LogP contribution in [-0.2, 0) is 4.79 Å². The maximum atomic E-state index is 9.72. The third kappa shape index (κ3) is 4.96. The van der Waals surface area contributed by atoms with E-state index in [9.17, 15) is 4.79 Å². The topological polar surface area (TPSA) is 67.8 Å². The van der Waals surface area contributed by atoms with Gasteiger partial charge in [0, 0.05) is 6.21 Å². The standard InChI is InChI=1S/C6H11N3O/c1-5(2)3-8-6(7)9-4-10/h3-5H,1-2H3,(H2,7,9,10). The van der Waals surface area contributed by atoms with Crippen molar-refractivity contribution in [3.63, 3.8) is 0 Å². The van der Waals surface area contributed by atoms with E-state index in [0.29, 0.717) is 12.3 Å². The quantitative estimate of drug-likeness (QED) is 0.338. The van der Waals surface area contributed by atoms with Gasteiger partial charge in [-0.3, -0.25) is 4.79 Å². The van der Waals surface area contributed by atoms with Gasteiger partial charge in [-0.2, -0.15) is 4.99 Å². The molecule has 0 unspecified atom stereocenters. The molecule has 0 aromatic carbocycles. The number of carbonyl (C=O) groups is 1. The summed E-state index contributed by atoms with van der Waals surface area (Å²) in [5.41, 5.74) is 5.15.